The minimum Gasteiger partial charge on any atom is -0.369 e. The van der Waals surface area contributed by atoms with Gasteiger partial charge in [-0.3, -0.25) is 4.79 Å². The minimum absolute atomic E-state index is 0.155. The first-order valence-corrected chi connectivity index (χ1v) is 6.46. The molecule has 0 fully saturated rings. The predicted octanol–water partition coefficient (Wildman–Crippen LogP) is -0.750. The van der Waals surface area contributed by atoms with Gasteiger partial charge in [-0.05, 0) is 32.0 Å². The molecule has 10 nitrogen and oxygen atoms in total. The van der Waals surface area contributed by atoms with E-state index >= 15 is 0 Å². The largest absolute Gasteiger partial charge is 0.369 e. The van der Waals surface area contributed by atoms with Gasteiger partial charge in [0.1, 0.15) is 0 Å². The average molecular weight is 317 g/mol. The van der Waals surface area contributed by atoms with Gasteiger partial charge in [-0.15, -0.1) is 10.2 Å². The van der Waals surface area contributed by atoms with Gasteiger partial charge in [0.25, 0.3) is 0 Å². The Bertz CT molecular complexity index is 643. The molecule has 0 aromatic heterocycles. The standard InChI is InChI=1S/C13H19N9O/c1-7(19-21-12(14)15)9-3-10(5-11(4-9)18-6-23)8(2)20-22-13(16)17/h3-6H,1-2H3,(H,18,23)(H4,14,15,21)(H4,16,17,22)/b19-7+,20-8+. The Morgan fingerprint density at radius 2 is 1.30 bits per heavy atom. The summed E-state index contributed by atoms with van der Waals surface area (Å²) < 4.78 is 0. The van der Waals surface area contributed by atoms with E-state index in [2.05, 4.69) is 25.7 Å². The van der Waals surface area contributed by atoms with Gasteiger partial charge in [0.05, 0.1) is 11.4 Å². The van der Waals surface area contributed by atoms with E-state index in [4.69, 9.17) is 22.9 Å². The van der Waals surface area contributed by atoms with E-state index in [1.54, 1.807) is 32.0 Å². The SMILES string of the molecule is C/C(=N\N=C(N)N)c1cc(NC=O)cc(/C(C)=N/N=C(N)N)c1. The van der Waals surface area contributed by atoms with Crippen molar-refractivity contribution in [3.05, 3.63) is 29.3 Å². The maximum absolute atomic E-state index is 10.7. The number of anilines is 1. The molecule has 0 aliphatic heterocycles. The molecule has 0 saturated carbocycles. The Morgan fingerprint density at radius 1 is 0.870 bits per heavy atom. The smallest absolute Gasteiger partial charge is 0.211 e. The zero-order valence-corrected chi connectivity index (χ0v) is 12.8. The molecular weight excluding hydrogens is 298 g/mol. The lowest BCUT2D eigenvalue weighted by Crippen LogP contribution is -2.22. The summed E-state index contributed by atoms with van der Waals surface area (Å²) in [6, 6.07) is 5.22. The van der Waals surface area contributed by atoms with Crippen molar-refractivity contribution in [3.63, 3.8) is 0 Å². The van der Waals surface area contributed by atoms with Crippen LogP contribution in [-0.2, 0) is 4.79 Å². The topological polar surface area (TPSA) is 183 Å². The van der Waals surface area contributed by atoms with Crippen LogP contribution in [0.1, 0.15) is 25.0 Å². The molecule has 0 saturated heterocycles. The first-order valence-electron chi connectivity index (χ1n) is 6.46. The normalized spacial score (nSPS) is 11.6. The molecule has 0 bridgehead atoms. The molecule has 0 spiro atoms. The summed E-state index contributed by atoms with van der Waals surface area (Å²) in [4.78, 5) is 10.7. The fraction of sp³-hybridized carbons (Fsp3) is 0.154. The van der Waals surface area contributed by atoms with Gasteiger partial charge in [0.15, 0.2) is 0 Å². The van der Waals surface area contributed by atoms with E-state index in [0.29, 0.717) is 34.6 Å². The van der Waals surface area contributed by atoms with Crippen molar-refractivity contribution in [2.75, 3.05) is 5.32 Å². The number of carbonyl (C=O) groups is 1. The number of hydrogen-bond acceptors (Lipinski definition) is 5. The molecule has 1 amide bonds. The summed E-state index contributed by atoms with van der Waals surface area (Å²) in [5.74, 6) is -0.311. The van der Waals surface area contributed by atoms with Crippen molar-refractivity contribution >= 4 is 35.4 Å². The number of amides is 1. The quantitative estimate of drug-likeness (QED) is 0.200. The summed E-state index contributed by atoms with van der Waals surface area (Å²) in [5.41, 5.74) is 24.0. The van der Waals surface area contributed by atoms with Crippen molar-refractivity contribution in [2.45, 2.75) is 13.8 Å². The fourth-order valence-electron chi connectivity index (χ4n) is 1.58. The molecular formula is C13H19N9O. The van der Waals surface area contributed by atoms with Crippen LogP contribution in [0.4, 0.5) is 5.69 Å². The molecule has 0 radical (unpaired) electrons. The Balaban J connectivity index is 3.35. The van der Waals surface area contributed by atoms with E-state index in [-0.39, 0.29) is 11.9 Å². The number of benzene rings is 1. The number of carbonyl (C=O) groups excluding carboxylic acids is 1. The Morgan fingerprint density at radius 3 is 1.65 bits per heavy atom. The molecule has 1 aromatic carbocycles. The van der Waals surface area contributed by atoms with Gasteiger partial charge in [-0.2, -0.15) is 10.2 Å². The molecule has 0 heterocycles. The van der Waals surface area contributed by atoms with E-state index in [1.165, 1.54) is 0 Å². The number of hydrogen-bond donors (Lipinski definition) is 5. The van der Waals surface area contributed by atoms with Crippen molar-refractivity contribution in [1.29, 1.82) is 0 Å². The Labute approximate surface area is 133 Å². The summed E-state index contributed by atoms with van der Waals surface area (Å²) in [6.07, 6.45) is 0.563. The number of nitrogens with one attached hydrogen (secondary N) is 1. The van der Waals surface area contributed by atoms with Crippen LogP contribution < -0.4 is 28.3 Å². The van der Waals surface area contributed by atoms with E-state index < -0.39 is 0 Å². The third-order valence-corrected chi connectivity index (χ3v) is 2.63. The maximum atomic E-state index is 10.7. The van der Waals surface area contributed by atoms with Crippen LogP contribution in [-0.4, -0.2) is 29.8 Å². The monoisotopic (exact) mass is 317 g/mol. The number of nitrogens with zero attached hydrogens (tertiary/aromatic N) is 4. The average Bonchev–Trinajstić information content (AvgIpc) is 2.50. The van der Waals surface area contributed by atoms with Crippen molar-refractivity contribution < 1.29 is 4.79 Å². The highest BCUT2D eigenvalue weighted by Crippen LogP contribution is 2.17. The number of rotatable bonds is 6. The van der Waals surface area contributed by atoms with Gasteiger partial charge in [0.2, 0.25) is 18.3 Å². The van der Waals surface area contributed by atoms with Gasteiger partial charge >= 0.3 is 0 Å². The zero-order valence-electron chi connectivity index (χ0n) is 12.8. The lowest BCUT2D eigenvalue weighted by Gasteiger charge is -2.08. The van der Waals surface area contributed by atoms with Crippen LogP contribution in [0.25, 0.3) is 0 Å². The van der Waals surface area contributed by atoms with E-state index in [9.17, 15) is 4.79 Å². The molecule has 0 atom stereocenters. The second-order valence-corrected chi connectivity index (χ2v) is 4.48. The highest BCUT2D eigenvalue weighted by atomic mass is 16.1. The first kappa shape index (κ1) is 17.6. The summed E-state index contributed by atoms with van der Waals surface area (Å²) in [5, 5.41) is 17.6. The van der Waals surface area contributed by atoms with Crippen LogP contribution in [0.5, 0.6) is 0 Å². The molecule has 122 valence electrons. The molecule has 0 aliphatic carbocycles. The summed E-state index contributed by atoms with van der Waals surface area (Å²) >= 11 is 0. The van der Waals surface area contributed by atoms with Gasteiger partial charge in [0, 0.05) is 16.8 Å². The molecule has 0 unspecified atom stereocenters. The molecule has 9 N–H and O–H groups in total. The zero-order chi connectivity index (χ0) is 17.4. The Hall–Kier alpha value is -3.43. The fourth-order valence-corrected chi connectivity index (χ4v) is 1.58. The maximum Gasteiger partial charge on any atom is 0.211 e. The third-order valence-electron chi connectivity index (χ3n) is 2.63. The highest BCUT2D eigenvalue weighted by Gasteiger charge is 2.06. The van der Waals surface area contributed by atoms with Gasteiger partial charge in [-0.25, -0.2) is 0 Å². The lowest BCUT2D eigenvalue weighted by molar-refractivity contribution is -0.105. The van der Waals surface area contributed by atoms with Crippen LogP contribution in [0, 0.1) is 0 Å². The summed E-state index contributed by atoms with van der Waals surface area (Å²) in [6.45, 7) is 3.44. The van der Waals surface area contributed by atoms with Gasteiger partial charge < -0.3 is 28.3 Å². The second-order valence-electron chi connectivity index (χ2n) is 4.48. The molecule has 1 aromatic rings. The second kappa shape index (κ2) is 8.12. The van der Waals surface area contributed by atoms with Crippen LogP contribution in [0.15, 0.2) is 38.6 Å². The predicted molar refractivity (Wildman–Crippen MR) is 92.2 cm³/mol. The molecule has 0 aliphatic rings. The molecule has 1 rings (SSSR count). The van der Waals surface area contributed by atoms with Crippen molar-refractivity contribution in [3.8, 4) is 0 Å². The van der Waals surface area contributed by atoms with Crippen molar-refractivity contribution in [2.24, 2.45) is 43.3 Å². The van der Waals surface area contributed by atoms with Crippen molar-refractivity contribution in [1.82, 2.24) is 0 Å². The first-order chi connectivity index (χ1) is 10.8. The van der Waals surface area contributed by atoms with Gasteiger partial charge in [-0.1, -0.05) is 0 Å². The van der Waals surface area contributed by atoms with Crippen LogP contribution in [0.3, 0.4) is 0 Å². The lowest BCUT2D eigenvalue weighted by atomic mass is 10.0. The Kier molecular flexibility index (Phi) is 6.22. The summed E-state index contributed by atoms with van der Waals surface area (Å²) in [7, 11) is 0. The third kappa shape index (κ3) is 5.83. The molecule has 10 heteroatoms. The number of nitrogens with two attached hydrogens (primary N) is 4. The number of guanidine groups is 2. The molecule has 23 heavy (non-hydrogen) atoms. The minimum atomic E-state index is -0.155. The van der Waals surface area contributed by atoms with Crippen LogP contribution in [0.2, 0.25) is 0 Å². The van der Waals surface area contributed by atoms with E-state index in [0.717, 1.165) is 0 Å². The van der Waals surface area contributed by atoms with Crippen LogP contribution >= 0.6 is 0 Å². The van der Waals surface area contributed by atoms with E-state index in [1.807, 2.05) is 0 Å². The highest BCUT2D eigenvalue weighted by molar-refractivity contribution is 6.05.